The molecule has 3 N–H and O–H groups in total. The SMILES string of the molecule is O=C(NC[C@H](O)c1ccccc1Cl)[C@]1(F)CCNC1. The molecule has 1 aromatic rings. The van der Waals surface area contributed by atoms with E-state index < -0.39 is 17.7 Å². The molecular weight excluding hydrogens is 271 g/mol. The minimum Gasteiger partial charge on any atom is -0.387 e. The molecule has 1 aliphatic rings. The van der Waals surface area contributed by atoms with Crippen LogP contribution >= 0.6 is 11.6 Å². The first-order chi connectivity index (χ1) is 9.03. The molecule has 0 saturated carbocycles. The number of carbonyl (C=O) groups excluding carboxylic acids is 1. The normalized spacial score (nSPS) is 24.2. The highest BCUT2D eigenvalue weighted by atomic mass is 35.5. The van der Waals surface area contributed by atoms with Crippen LogP contribution in [-0.2, 0) is 4.79 Å². The molecule has 104 valence electrons. The summed E-state index contributed by atoms with van der Waals surface area (Å²) < 4.78 is 14.1. The van der Waals surface area contributed by atoms with Gasteiger partial charge < -0.3 is 15.7 Å². The molecule has 1 amide bonds. The topological polar surface area (TPSA) is 61.4 Å². The minimum atomic E-state index is -1.87. The average Bonchev–Trinajstić information content (AvgIpc) is 2.84. The standard InChI is InChI=1S/C13H16ClFN2O2/c14-10-4-2-1-3-9(10)11(18)7-17-12(19)13(15)5-6-16-8-13/h1-4,11,16,18H,5-8H2,(H,17,19)/t11-,13-/m0/s1. The zero-order chi connectivity index (χ0) is 13.9. The van der Waals surface area contributed by atoms with Gasteiger partial charge in [0.2, 0.25) is 5.67 Å². The van der Waals surface area contributed by atoms with Crippen molar-refractivity contribution in [2.45, 2.75) is 18.2 Å². The predicted octanol–water partition coefficient (Wildman–Crippen LogP) is 1.19. The third-order valence-corrected chi connectivity index (χ3v) is 3.57. The molecule has 4 nitrogen and oxygen atoms in total. The fraction of sp³-hybridized carbons (Fsp3) is 0.462. The molecular formula is C13H16ClFN2O2. The Kier molecular flexibility index (Phi) is 4.39. The van der Waals surface area contributed by atoms with Crippen molar-refractivity contribution in [1.29, 1.82) is 0 Å². The zero-order valence-electron chi connectivity index (χ0n) is 10.3. The van der Waals surface area contributed by atoms with Gasteiger partial charge in [0.15, 0.2) is 0 Å². The number of aliphatic hydroxyl groups excluding tert-OH is 1. The van der Waals surface area contributed by atoms with Crippen molar-refractivity contribution in [1.82, 2.24) is 10.6 Å². The predicted molar refractivity (Wildman–Crippen MR) is 70.7 cm³/mol. The largest absolute Gasteiger partial charge is 0.387 e. The molecule has 1 saturated heterocycles. The lowest BCUT2D eigenvalue weighted by Crippen LogP contribution is -2.46. The highest BCUT2D eigenvalue weighted by molar-refractivity contribution is 6.31. The molecule has 0 spiro atoms. The van der Waals surface area contributed by atoms with Gasteiger partial charge in [-0.3, -0.25) is 4.79 Å². The Morgan fingerprint density at radius 2 is 2.32 bits per heavy atom. The summed E-state index contributed by atoms with van der Waals surface area (Å²) in [5.41, 5.74) is -1.36. The Morgan fingerprint density at radius 3 is 2.95 bits per heavy atom. The molecule has 1 heterocycles. The summed E-state index contributed by atoms with van der Waals surface area (Å²) in [6.45, 7) is 0.437. The number of aliphatic hydroxyl groups is 1. The fourth-order valence-electron chi connectivity index (χ4n) is 2.06. The zero-order valence-corrected chi connectivity index (χ0v) is 11.1. The Labute approximate surface area is 116 Å². The molecule has 2 rings (SSSR count). The molecule has 1 fully saturated rings. The number of nitrogens with one attached hydrogen (secondary N) is 2. The van der Waals surface area contributed by atoms with Crippen molar-refractivity contribution in [3.05, 3.63) is 34.9 Å². The summed E-state index contributed by atoms with van der Waals surface area (Å²) in [6.07, 6.45) is -0.795. The summed E-state index contributed by atoms with van der Waals surface area (Å²) in [5, 5.41) is 15.6. The number of benzene rings is 1. The number of carbonyl (C=O) groups is 1. The van der Waals surface area contributed by atoms with E-state index in [4.69, 9.17) is 11.6 Å². The summed E-state index contributed by atoms with van der Waals surface area (Å²) in [7, 11) is 0. The van der Waals surface area contributed by atoms with Crippen molar-refractivity contribution in [3.63, 3.8) is 0 Å². The third-order valence-electron chi connectivity index (χ3n) is 3.23. The number of hydrogen-bond donors (Lipinski definition) is 3. The van der Waals surface area contributed by atoms with E-state index in [9.17, 15) is 14.3 Å². The maximum absolute atomic E-state index is 14.1. The van der Waals surface area contributed by atoms with Gasteiger partial charge in [0, 0.05) is 30.1 Å². The summed E-state index contributed by atoms with van der Waals surface area (Å²) in [5.74, 6) is -0.691. The lowest BCUT2D eigenvalue weighted by molar-refractivity contribution is -0.132. The maximum Gasteiger partial charge on any atom is 0.259 e. The molecule has 0 bridgehead atoms. The summed E-state index contributed by atoms with van der Waals surface area (Å²) in [6, 6.07) is 6.81. The van der Waals surface area contributed by atoms with E-state index in [2.05, 4.69) is 10.6 Å². The first kappa shape index (κ1) is 14.2. The summed E-state index contributed by atoms with van der Waals surface area (Å²) >= 11 is 5.93. The van der Waals surface area contributed by atoms with Crippen molar-refractivity contribution >= 4 is 17.5 Å². The van der Waals surface area contributed by atoms with Crippen LogP contribution in [0.2, 0.25) is 5.02 Å². The van der Waals surface area contributed by atoms with Gasteiger partial charge in [-0.15, -0.1) is 0 Å². The molecule has 0 radical (unpaired) electrons. The van der Waals surface area contributed by atoms with Crippen LogP contribution in [-0.4, -0.2) is 36.3 Å². The van der Waals surface area contributed by atoms with E-state index in [1.807, 2.05) is 0 Å². The van der Waals surface area contributed by atoms with E-state index >= 15 is 0 Å². The molecule has 0 unspecified atom stereocenters. The monoisotopic (exact) mass is 286 g/mol. The first-order valence-electron chi connectivity index (χ1n) is 6.13. The van der Waals surface area contributed by atoms with Crippen molar-refractivity contribution in [2.75, 3.05) is 19.6 Å². The fourth-order valence-corrected chi connectivity index (χ4v) is 2.32. The van der Waals surface area contributed by atoms with Gasteiger partial charge in [-0.25, -0.2) is 4.39 Å². The first-order valence-corrected chi connectivity index (χ1v) is 6.51. The quantitative estimate of drug-likeness (QED) is 0.779. The van der Waals surface area contributed by atoms with Gasteiger partial charge in [-0.2, -0.15) is 0 Å². The number of halogens is 2. The van der Waals surface area contributed by atoms with E-state index in [1.54, 1.807) is 24.3 Å². The molecule has 1 aliphatic heterocycles. The van der Waals surface area contributed by atoms with E-state index in [1.165, 1.54) is 0 Å². The molecule has 19 heavy (non-hydrogen) atoms. The second-order valence-corrected chi connectivity index (χ2v) is 5.05. The van der Waals surface area contributed by atoms with E-state index in [0.29, 0.717) is 17.1 Å². The van der Waals surface area contributed by atoms with Gasteiger partial charge in [0.1, 0.15) is 0 Å². The minimum absolute atomic E-state index is 0.0149. The lowest BCUT2D eigenvalue weighted by Gasteiger charge is -2.19. The van der Waals surface area contributed by atoms with E-state index in [-0.39, 0.29) is 19.5 Å². The van der Waals surface area contributed by atoms with Crippen LogP contribution in [0.25, 0.3) is 0 Å². The Morgan fingerprint density at radius 1 is 1.58 bits per heavy atom. The number of rotatable bonds is 4. The van der Waals surface area contributed by atoms with Gasteiger partial charge in [0.05, 0.1) is 6.10 Å². The Hall–Kier alpha value is -1.17. The second-order valence-electron chi connectivity index (χ2n) is 4.64. The molecule has 6 heteroatoms. The van der Waals surface area contributed by atoms with Gasteiger partial charge >= 0.3 is 0 Å². The van der Waals surface area contributed by atoms with Crippen LogP contribution in [0.4, 0.5) is 4.39 Å². The second kappa shape index (κ2) is 5.86. The Bertz CT molecular complexity index is 464. The lowest BCUT2D eigenvalue weighted by atomic mass is 10.0. The Balaban J connectivity index is 1.92. The third kappa shape index (κ3) is 3.23. The van der Waals surface area contributed by atoms with Crippen molar-refractivity contribution in [2.24, 2.45) is 0 Å². The summed E-state index contributed by atoms with van der Waals surface area (Å²) in [4.78, 5) is 11.7. The van der Waals surface area contributed by atoms with Gasteiger partial charge in [-0.05, 0) is 12.6 Å². The van der Waals surface area contributed by atoms with E-state index in [0.717, 1.165) is 0 Å². The van der Waals surface area contributed by atoms with Crippen LogP contribution < -0.4 is 10.6 Å². The molecule has 0 aromatic heterocycles. The van der Waals surface area contributed by atoms with Crippen LogP contribution in [0.5, 0.6) is 0 Å². The van der Waals surface area contributed by atoms with Crippen molar-refractivity contribution in [3.8, 4) is 0 Å². The molecule has 1 aromatic carbocycles. The van der Waals surface area contributed by atoms with Crippen LogP contribution in [0, 0.1) is 0 Å². The number of amides is 1. The number of alkyl halides is 1. The average molecular weight is 287 g/mol. The number of hydrogen-bond acceptors (Lipinski definition) is 3. The van der Waals surface area contributed by atoms with Gasteiger partial charge in [0.25, 0.3) is 5.91 Å². The molecule has 0 aliphatic carbocycles. The van der Waals surface area contributed by atoms with Crippen LogP contribution in [0.15, 0.2) is 24.3 Å². The molecule has 2 atom stereocenters. The smallest absolute Gasteiger partial charge is 0.259 e. The highest BCUT2D eigenvalue weighted by Gasteiger charge is 2.41. The van der Waals surface area contributed by atoms with Crippen LogP contribution in [0.1, 0.15) is 18.1 Å². The van der Waals surface area contributed by atoms with Gasteiger partial charge in [-0.1, -0.05) is 29.8 Å². The van der Waals surface area contributed by atoms with Crippen LogP contribution in [0.3, 0.4) is 0 Å². The van der Waals surface area contributed by atoms with Crippen molar-refractivity contribution < 1.29 is 14.3 Å². The highest BCUT2D eigenvalue weighted by Crippen LogP contribution is 2.23. The maximum atomic E-state index is 14.1.